The van der Waals surface area contributed by atoms with Gasteiger partial charge in [0.25, 0.3) is 0 Å². The third-order valence-corrected chi connectivity index (χ3v) is 2.50. The third kappa shape index (κ3) is 2.49. The molecule has 1 aromatic carbocycles. The predicted molar refractivity (Wildman–Crippen MR) is 59.4 cm³/mol. The van der Waals surface area contributed by atoms with Crippen molar-refractivity contribution < 1.29 is 9.53 Å². The van der Waals surface area contributed by atoms with Gasteiger partial charge in [0.1, 0.15) is 11.5 Å². The van der Waals surface area contributed by atoms with Crippen LogP contribution in [-0.4, -0.2) is 18.9 Å². The maximum atomic E-state index is 10.8. The van der Waals surface area contributed by atoms with Gasteiger partial charge in [0, 0.05) is 25.1 Å². The standard InChI is InChI=1S/C12H15NO2/c1-9(14)4-6-13-11-2-3-12-10(8-11)5-7-15-12/h2-3,8,13H,4-7H2,1H3. The molecule has 0 amide bonds. The number of ketones is 1. The summed E-state index contributed by atoms with van der Waals surface area (Å²) in [7, 11) is 0. The van der Waals surface area contributed by atoms with E-state index in [1.807, 2.05) is 12.1 Å². The SMILES string of the molecule is CC(=O)CCNc1ccc2c(c1)CCO2. The number of carbonyl (C=O) groups is 1. The second kappa shape index (κ2) is 4.34. The second-order valence-electron chi connectivity index (χ2n) is 3.80. The van der Waals surface area contributed by atoms with Crippen LogP contribution < -0.4 is 10.1 Å². The number of nitrogens with one attached hydrogen (secondary N) is 1. The van der Waals surface area contributed by atoms with Gasteiger partial charge in [-0.15, -0.1) is 0 Å². The number of benzene rings is 1. The van der Waals surface area contributed by atoms with Crippen LogP contribution in [0.25, 0.3) is 0 Å². The molecule has 0 saturated carbocycles. The highest BCUT2D eigenvalue weighted by molar-refractivity contribution is 5.76. The molecule has 0 fully saturated rings. The normalized spacial score (nSPS) is 13.1. The number of fused-ring (bicyclic) bond motifs is 1. The van der Waals surface area contributed by atoms with Gasteiger partial charge < -0.3 is 10.1 Å². The van der Waals surface area contributed by atoms with Crippen molar-refractivity contribution >= 4 is 11.5 Å². The molecule has 3 heteroatoms. The fourth-order valence-electron chi connectivity index (χ4n) is 1.68. The monoisotopic (exact) mass is 205 g/mol. The zero-order chi connectivity index (χ0) is 10.7. The van der Waals surface area contributed by atoms with Crippen molar-refractivity contribution in [1.29, 1.82) is 0 Å². The van der Waals surface area contributed by atoms with E-state index < -0.39 is 0 Å². The van der Waals surface area contributed by atoms with E-state index in [4.69, 9.17) is 4.74 Å². The van der Waals surface area contributed by atoms with Gasteiger partial charge in [-0.25, -0.2) is 0 Å². The van der Waals surface area contributed by atoms with Crippen LogP contribution in [0.4, 0.5) is 5.69 Å². The van der Waals surface area contributed by atoms with Crippen LogP contribution in [0.1, 0.15) is 18.9 Å². The number of hydrogen-bond donors (Lipinski definition) is 1. The zero-order valence-electron chi connectivity index (χ0n) is 8.88. The first kappa shape index (κ1) is 10.0. The topological polar surface area (TPSA) is 38.3 Å². The molecule has 0 aromatic heterocycles. The minimum atomic E-state index is 0.215. The average Bonchev–Trinajstić information content (AvgIpc) is 2.64. The summed E-state index contributed by atoms with van der Waals surface area (Å²) in [5.74, 6) is 1.21. The molecule has 1 aliphatic rings. The van der Waals surface area contributed by atoms with Crippen molar-refractivity contribution in [2.45, 2.75) is 19.8 Å². The van der Waals surface area contributed by atoms with Crippen LogP contribution >= 0.6 is 0 Å². The number of ether oxygens (including phenoxy) is 1. The number of hydrogen-bond acceptors (Lipinski definition) is 3. The van der Waals surface area contributed by atoms with E-state index >= 15 is 0 Å². The number of anilines is 1. The molecule has 0 unspecified atom stereocenters. The first-order chi connectivity index (χ1) is 7.25. The van der Waals surface area contributed by atoms with Crippen molar-refractivity contribution in [2.24, 2.45) is 0 Å². The van der Waals surface area contributed by atoms with Crippen LogP contribution in [0.3, 0.4) is 0 Å². The fourth-order valence-corrected chi connectivity index (χ4v) is 1.68. The summed E-state index contributed by atoms with van der Waals surface area (Å²) in [5, 5.41) is 3.23. The van der Waals surface area contributed by atoms with E-state index in [9.17, 15) is 4.79 Å². The maximum absolute atomic E-state index is 10.8. The number of Topliss-reactive ketones (excluding diaryl/α,β-unsaturated/α-hetero) is 1. The highest BCUT2D eigenvalue weighted by Gasteiger charge is 2.11. The highest BCUT2D eigenvalue weighted by atomic mass is 16.5. The summed E-state index contributed by atoms with van der Waals surface area (Å²) >= 11 is 0. The van der Waals surface area contributed by atoms with Crippen molar-refractivity contribution in [3.63, 3.8) is 0 Å². The Labute approximate surface area is 89.4 Å². The van der Waals surface area contributed by atoms with Gasteiger partial charge in [0.05, 0.1) is 6.61 Å². The predicted octanol–water partition coefficient (Wildman–Crippen LogP) is 2.01. The number of carbonyl (C=O) groups excluding carboxylic acids is 1. The van der Waals surface area contributed by atoms with Gasteiger partial charge in [0.2, 0.25) is 0 Å². The smallest absolute Gasteiger partial charge is 0.131 e. The molecule has 80 valence electrons. The van der Waals surface area contributed by atoms with Crippen LogP contribution in [0.5, 0.6) is 5.75 Å². The van der Waals surface area contributed by atoms with E-state index in [0.717, 1.165) is 24.5 Å². The van der Waals surface area contributed by atoms with E-state index in [1.54, 1.807) is 6.92 Å². The third-order valence-electron chi connectivity index (χ3n) is 2.50. The quantitative estimate of drug-likeness (QED) is 0.817. The van der Waals surface area contributed by atoms with Crippen molar-refractivity contribution in [2.75, 3.05) is 18.5 Å². The Balaban J connectivity index is 1.95. The molecule has 15 heavy (non-hydrogen) atoms. The molecule has 3 nitrogen and oxygen atoms in total. The summed E-state index contributed by atoms with van der Waals surface area (Å²) < 4.78 is 5.41. The van der Waals surface area contributed by atoms with Crippen LogP contribution in [0.15, 0.2) is 18.2 Å². The Bertz CT molecular complexity index is 374. The summed E-state index contributed by atoms with van der Waals surface area (Å²) in [6, 6.07) is 6.07. The summed E-state index contributed by atoms with van der Waals surface area (Å²) in [5.41, 5.74) is 2.32. The highest BCUT2D eigenvalue weighted by Crippen LogP contribution is 2.27. The van der Waals surface area contributed by atoms with Gasteiger partial charge in [-0.3, -0.25) is 4.79 Å². The molecule has 1 aromatic rings. The lowest BCUT2D eigenvalue weighted by atomic mass is 10.1. The van der Waals surface area contributed by atoms with Crippen molar-refractivity contribution in [3.8, 4) is 5.75 Å². The van der Waals surface area contributed by atoms with Gasteiger partial charge in [-0.05, 0) is 30.7 Å². The molecule has 0 bridgehead atoms. The molecule has 0 saturated heterocycles. The molecular formula is C12H15NO2. The van der Waals surface area contributed by atoms with Crippen LogP contribution in [0.2, 0.25) is 0 Å². The molecule has 0 aliphatic carbocycles. The Kier molecular flexibility index (Phi) is 2.90. The second-order valence-corrected chi connectivity index (χ2v) is 3.80. The lowest BCUT2D eigenvalue weighted by molar-refractivity contribution is -0.116. The van der Waals surface area contributed by atoms with E-state index in [-0.39, 0.29) is 5.78 Å². The first-order valence-electron chi connectivity index (χ1n) is 5.25. The maximum Gasteiger partial charge on any atom is 0.131 e. The molecule has 0 radical (unpaired) electrons. The van der Waals surface area contributed by atoms with E-state index in [1.165, 1.54) is 5.56 Å². The minimum Gasteiger partial charge on any atom is -0.493 e. The van der Waals surface area contributed by atoms with Crippen molar-refractivity contribution in [1.82, 2.24) is 0 Å². The molecular weight excluding hydrogens is 190 g/mol. The Morgan fingerprint density at radius 1 is 1.53 bits per heavy atom. The largest absolute Gasteiger partial charge is 0.493 e. The summed E-state index contributed by atoms with van der Waals surface area (Å²) in [6.07, 6.45) is 1.56. The Morgan fingerprint density at radius 2 is 2.40 bits per heavy atom. The lowest BCUT2D eigenvalue weighted by Gasteiger charge is -2.06. The molecule has 1 N–H and O–H groups in total. The molecule has 1 aliphatic heterocycles. The number of rotatable bonds is 4. The summed E-state index contributed by atoms with van der Waals surface area (Å²) in [6.45, 7) is 3.10. The molecule has 0 atom stereocenters. The molecule has 2 rings (SSSR count). The first-order valence-corrected chi connectivity index (χ1v) is 5.25. The van der Waals surface area contributed by atoms with Crippen LogP contribution in [-0.2, 0) is 11.2 Å². The minimum absolute atomic E-state index is 0.215. The van der Waals surface area contributed by atoms with Crippen molar-refractivity contribution in [3.05, 3.63) is 23.8 Å². The average molecular weight is 205 g/mol. The van der Waals surface area contributed by atoms with Gasteiger partial charge in [-0.1, -0.05) is 0 Å². The van der Waals surface area contributed by atoms with E-state index in [0.29, 0.717) is 13.0 Å². The van der Waals surface area contributed by atoms with Gasteiger partial charge in [-0.2, -0.15) is 0 Å². The van der Waals surface area contributed by atoms with Crippen LogP contribution in [0, 0.1) is 0 Å². The van der Waals surface area contributed by atoms with Gasteiger partial charge in [0.15, 0.2) is 0 Å². The lowest BCUT2D eigenvalue weighted by Crippen LogP contribution is -2.05. The fraction of sp³-hybridized carbons (Fsp3) is 0.417. The Morgan fingerprint density at radius 3 is 3.20 bits per heavy atom. The van der Waals surface area contributed by atoms with Gasteiger partial charge >= 0.3 is 0 Å². The zero-order valence-corrected chi connectivity index (χ0v) is 8.88. The summed E-state index contributed by atoms with van der Waals surface area (Å²) in [4.78, 5) is 10.8. The molecule has 0 spiro atoms. The Hall–Kier alpha value is -1.51. The van der Waals surface area contributed by atoms with E-state index in [2.05, 4.69) is 11.4 Å². The molecule has 1 heterocycles.